The first-order valence-electron chi connectivity index (χ1n) is 10.3. The maximum Gasteiger partial charge on any atom is 0.270 e. The van der Waals surface area contributed by atoms with Crippen molar-refractivity contribution in [3.63, 3.8) is 0 Å². The SMILES string of the molecule is CNCc1ccc(Cl)cc1CNC(=O)Cc1c(C)cnn(CCc2csc(NC)n2)c1=O. The largest absolute Gasteiger partial charge is 0.365 e. The van der Waals surface area contributed by atoms with Gasteiger partial charge in [-0.2, -0.15) is 5.10 Å². The molecule has 0 bridgehead atoms. The third kappa shape index (κ3) is 6.15. The molecule has 0 saturated carbocycles. The summed E-state index contributed by atoms with van der Waals surface area (Å²) in [6.45, 7) is 3.21. The lowest BCUT2D eigenvalue weighted by atomic mass is 10.1. The third-order valence-electron chi connectivity index (χ3n) is 5.05. The van der Waals surface area contributed by atoms with E-state index in [0.717, 1.165) is 22.0 Å². The minimum Gasteiger partial charge on any atom is -0.365 e. The van der Waals surface area contributed by atoms with Crippen LogP contribution in [0.4, 0.5) is 5.13 Å². The molecule has 0 fully saturated rings. The van der Waals surface area contributed by atoms with Crippen molar-refractivity contribution in [3.8, 4) is 0 Å². The predicted octanol–water partition coefficient (Wildman–Crippen LogP) is 2.52. The van der Waals surface area contributed by atoms with Crippen molar-refractivity contribution in [2.75, 3.05) is 19.4 Å². The van der Waals surface area contributed by atoms with Crippen LogP contribution in [0, 0.1) is 6.92 Å². The number of aromatic nitrogens is 3. The van der Waals surface area contributed by atoms with Crippen LogP contribution in [0.1, 0.15) is 27.9 Å². The molecule has 1 amide bonds. The number of halogens is 1. The summed E-state index contributed by atoms with van der Waals surface area (Å²) in [5.74, 6) is -0.225. The van der Waals surface area contributed by atoms with Crippen molar-refractivity contribution in [2.45, 2.75) is 39.4 Å². The highest BCUT2D eigenvalue weighted by Gasteiger charge is 2.14. The number of aryl methyl sites for hydroxylation is 3. The first-order chi connectivity index (χ1) is 15.4. The van der Waals surface area contributed by atoms with Gasteiger partial charge in [-0.3, -0.25) is 9.59 Å². The van der Waals surface area contributed by atoms with Gasteiger partial charge in [0.05, 0.1) is 24.9 Å². The fraction of sp³-hybridized carbons (Fsp3) is 0.364. The molecule has 0 radical (unpaired) electrons. The van der Waals surface area contributed by atoms with E-state index in [1.807, 2.05) is 37.7 Å². The van der Waals surface area contributed by atoms with E-state index in [9.17, 15) is 9.59 Å². The Hall–Kier alpha value is -2.75. The molecule has 3 aromatic rings. The summed E-state index contributed by atoms with van der Waals surface area (Å²) in [5, 5.41) is 16.6. The van der Waals surface area contributed by atoms with Crippen LogP contribution in [-0.4, -0.2) is 34.8 Å². The first kappa shape index (κ1) is 23.9. The molecule has 2 heterocycles. The van der Waals surface area contributed by atoms with Gasteiger partial charge in [-0.25, -0.2) is 9.67 Å². The monoisotopic (exact) mass is 474 g/mol. The Morgan fingerprint density at radius 2 is 2.03 bits per heavy atom. The van der Waals surface area contributed by atoms with Gasteiger partial charge in [0.15, 0.2) is 5.13 Å². The van der Waals surface area contributed by atoms with E-state index in [-0.39, 0.29) is 17.9 Å². The highest BCUT2D eigenvalue weighted by molar-refractivity contribution is 7.13. The van der Waals surface area contributed by atoms with Gasteiger partial charge in [0.1, 0.15) is 0 Å². The highest BCUT2D eigenvalue weighted by atomic mass is 35.5. The smallest absolute Gasteiger partial charge is 0.270 e. The van der Waals surface area contributed by atoms with E-state index in [4.69, 9.17) is 11.6 Å². The maximum absolute atomic E-state index is 12.9. The van der Waals surface area contributed by atoms with Gasteiger partial charge < -0.3 is 16.0 Å². The van der Waals surface area contributed by atoms with Crippen LogP contribution < -0.4 is 21.5 Å². The summed E-state index contributed by atoms with van der Waals surface area (Å²) >= 11 is 7.63. The van der Waals surface area contributed by atoms with E-state index in [1.165, 1.54) is 16.0 Å². The van der Waals surface area contributed by atoms with Crippen LogP contribution in [0.5, 0.6) is 0 Å². The predicted molar refractivity (Wildman–Crippen MR) is 128 cm³/mol. The van der Waals surface area contributed by atoms with Gasteiger partial charge in [-0.1, -0.05) is 17.7 Å². The normalized spacial score (nSPS) is 10.9. The summed E-state index contributed by atoms with van der Waals surface area (Å²) < 4.78 is 1.40. The number of benzene rings is 1. The second-order valence-corrected chi connectivity index (χ2v) is 8.67. The number of thiazole rings is 1. The number of carbonyl (C=O) groups is 1. The van der Waals surface area contributed by atoms with E-state index in [0.29, 0.717) is 42.2 Å². The number of carbonyl (C=O) groups excluding carboxylic acids is 1. The van der Waals surface area contributed by atoms with Crippen molar-refractivity contribution < 1.29 is 4.79 Å². The number of rotatable bonds is 10. The molecule has 2 aromatic heterocycles. The molecule has 32 heavy (non-hydrogen) atoms. The fourth-order valence-corrected chi connectivity index (χ4v) is 4.18. The van der Waals surface area contributed by atoms with Gasteiger partial charge in [0, 0.05) is 42.5 Å². The maximum atomic E-state index is 12.9. The van der Waals surface area contributed by atoms with Gasteiger partial charge in [0.25, 0.3) is 5.56 Å². The van der Waals surface area contributed by atoms with Crippen molar-refractivity contribution in [1.29, 1.82) is 0 Å². The third-order valence-corrected chi connectivity index (χ3v) is 6.20. The molecule has 8 nitrogen and oxygen atoms in total. The number of amides is 1. The van der Waals surface area contributed by atoms with E-state index in [1.54, 1.807) is 13.1 Å². The molecule has 0 atom stereocenters. The van der Waals surface area contributed by atoms with Crippen molar-refractivity contribution in [3.05, 3.63) is 73.1 Å². The zero-order valence-electron chi connectivity index (χ0n) is 18.4. The number of nitrogens with one attached hydrogen (secondary N) is 3. The van der Waals surface area contributed by atoms with Crippen LogP contribution in [0.15, 0.2) is 34.6 Å². The molecule has 0 saturated heterocycles. The van der Waals surface area contributed by atoms with Gasteiger partial charge >= 0.3 is 0 Å². The summed E-state index contributed by atoms with van der Waals surface area (Å²) in [5.41, 5.74) is 3.80. The molecule has 170 valence electrons. The number of hydrogen-bond donors (Lipinski definition) is 3. The van der Waals surface area contributed by atoms with Crippen LogP contribution in [-0.2, 0) is 37.3 Å². The lowest BCUT2D eigenvalue weighted by Gasteiger charge is -2.12. The Balaban J connectivity index is 1.66. The first-order valence-corrected chi connectivity index (χ1v) is 11.5. The Morgan fingerprint density at radius 1 is 1.22 bits per heavy atom. The average molecular weight is 475 g/mol. The Morgan fingerprint density at radius 3 is 2.75 bits per heavy atom. The van der Waals surface area contributed by atoms with Gasteiger partial charge in [0.2, 0.25) is 5.91 Å². The summed E-state index contributed by atoms with van der Waals surface area (Å²) in [7, 11) is 3.68. The van der Waals surface area contributed by atoms with Crippen LogP contribution in [0.2, 0.25) is 5.02 Å². The molecular weight excluding hydrogens is 448 g/mol. The minimum atomic E-state index is -0.247. The molecule has 0 aliphatic carbocycles. The molecule has 0 aliphatic rings. The van der Waals surface area contributed by atoms with E-state index < -0.39 is 0 Å². The average Bonchev–Trinajstić information content (AvgIpc) is 3.24. The molecule has 0 aliphatic heterocycles. The molecule has 1 aromatic carbocycles. The minimum absolute atomic E-state index is 0.00425. The Bertz CT molecular complexity index is 1140. The molecule has 10 heteroatoms. The highest BCUT2D eigenvalue weighted by Crippen LogP contribution is 2.17. The number of nitrogens with zero attached hydrogens (tertiary/aromatic N) is 3. The molecule has 0 unspecified atom stereocenters. The molecule has 3 rings (SSSR count). The zero-order chi connectivity index (χ0) is 23.1. The second-order valence-electron chi connectivity index (χ2n) is 7.38. The molecular formula is C22H27ClN6O2S. The Labute approximate surface area is 196 Å². The van der Waals surface area contributed by atoms with Crippen LogP contribution >= 0.6 is 22.9 Å². The Kier molecular flexibility index (Phi) is 8.38. The lowest BCUT2D eigenvalue weighted by molar-refractivity contribution is -0.120. The van der Waals surface area contributed by atoms with Crippen molar-refractivity contribution in [2.24, 2.45) is 0 Å². The van der Waals surface area contributed by atoms with E-state index >= 15 is 0 Å². The van der Waals surface area contributed by atoms with Crippen molar-refractivity contribution >= 4 is 34.0 Å². The van der Waals surface area contributed by atoms with Crippen molar-refractivity contribution in [1.82, 2.24) is 25.4 Å². The standard InChI is InChI=1S/C22H27ClN6O2S/c1-14-10-27-29(7-6-18-13-32-22(25-3)28-18)21(31)19(14)9-20(30)26-12-16-8-17(23)5-4-15(16)11-24-2/h4-5,8,10,13,24H,6-7,9,11-12H2,1-3H3,(H,25,28)(H,26,30). The summed E-state index contributed by atoms with van der Waals surface area (Å²) in [6.07, 6.45) is 2.21. The number of anilines is 1. The van der Waals surface area contributed by atoms with Crippen LogP contribution in [0.25, 0.3) is 0 Å². The van der Waals surface area contributed by atoms with Gasteiger partial charge in [-0.05, 0) is 42.8 Å². The van der Waals surface area contributed by atoms with Crippen LogP contribution in [0.3, 0.4) is 0 Å². The number of hydrogen-bond acceptors (Lipinski definition) is 7. The molecule has 0 spiro atoms. The topological polar surface area (TPSA) is 101 Å². The van der Waals surface area contributed by atoms with Gasteiger partial charge in [-0.15, -0.1) is 11.3 Å². The molecule has 3 N–H and O–H groups in total. The second kappa shape index (κ2) is 11.2. The fourth-order valence-electron chi connectivity index (χ4n) is 3.28. The summed E-state index contributed by atoms with van der Waals surface area (Å²) in [6, 6.07) is 5.61. The van der Waals surface area contributed by atoms with E-state index in [2.05, 4.69) is 26.0 Å². The quantitative estimate of drug-likeness (QED) is 0.417. The zero-order valence-corrected chi connectivity index (χ0v) is 19.9. The lowest BCUT2D eigenvalue weighted by Crippen LogP contribution is -2.32. The summed E-state index contributed by atoms with van der Waals surface area (Å²) in [4.78, 5) is 30.0.